The zero-order valence-corrected chi connectivity index (χ0v) is 19.2. The van der Waals surface area contributed by atoms with Gasteiger partial charge in [-0.2, -0.15) is 13.2 Å². The molecule has 36 heavy (non-hydrogen) atoms. The van der Waals surface area contributed by atoms with Crippen molar-refractivity contribution >= 4 is 34.0 Å². The molecule has 1 saturated heterocycles. The van der Waals surface area contributed by atoms with Gasteiger partial charge in [0.05, 0.1) is 18.3 Å². The normalized spacial score (nSPS) is 16.0. The van der Waals surface area contributed by atoms with Crippen LogP contribution in [-0.2, 0) is 0 Å². The van der Waals surface area contributed by atoms with Crippen molar-refractivity contribution < 1.29 is 27.1 Å². The summed E-state index contributed by atoms with van der Waals surface area (Å²) in [5.74, 6) is 0.0165. The number of rotatable bonds is 4. The minimum Gasteiger partial charge on any atom is -0.474 e. The number of urea groups is 1. The third kappa shape index (κ3) is 4.65. The molecule has 5 rings (SSSR count). The molecule has 1 fully saturated rings. The average molecular weight is 505 g/mol. The van der Waals surface area contributed by atoms with Gasteiger partial charge in [-0.1, -0.05) is 0 Å². The van der Waals surface area contributed by atoms with Crippen LogP contribution in [0.3, 0.4) is 0 Å². The number of halogens is 4. The van der Waals surface area contributed by atoms with E-state index in [-0.39, 0.29) is 30.2 Å². The molecule has 190 valence electrons. The van der Waals surface area contributed by atoms with Gasteiger partial charge in [-0.3, -0.25) is 10.2 Å². The van der Waals surface area contributed by atoms with Gasteiger partial charge >= 0.3 is 12.2 Å². The number of alkyl halides is 3. The number of ether oxygens (including phenoxy) is 1. The molecule has 2 aliphatic heterocycles. The highest BCUT2D eigenvalue weighted by atomic mass is 19.4. The standard InChI is InChI=1S/C23H23F4N7O2/c1-11-15(6-31-21-20(11)29-2-3-36-21)14-4-12-5-17(30-7-16(12)19(28)18(14)24)33-22(35)32-13-8-34(9-13)10-23(25,26)27/h4-7,13,29H,2-3,8-10,28H2,1H3,(H2,30,32,33,35). The van der Waals surface area contributed by atoms with Crippen LogP contribution in [0.2, 0.25) is 0 Å². The molecule has 0 spiro atoms. The maximum absolute atomic E-state index is 15.3. The summed E-state index contributed by atoms with van der Waals surface area (Å²) in [6.07, 6.45) is -1.39. The summed E-state index contributed by atoms with van der Waals surface area (Å²) in [5.41, 5.74) is 8.21. The second-order valence-electron chi connectivity index (χ2n) is 8.80. The number of nitrogens with zero attached hydrogens (tertiary/aromatic N) is 3. The highest BCUT2D eigenvalue weighted by Crippen LogP contribution is 2.39. The number of nitrogen functional groups attached to an aromatic ring is 1. The molecular formula is C23H23F4N7O2. The number of aromatic nitrogens is 2. The largest absolute Gasteiger partial charge is 0.474 e. The number of hydrogen-bond acceptors (Lipinski definition) is 7. The van der Waals surface area contributed by atoms with Gasteiger partial charge in [0, 0.05) is 48.5 Å². The maximum atomic E-state index is 15.3. The monoisotopic (exact) mass is 505 g/mol. The van der Waals surface area contributed by atoms with Crippen molar-refractivity contribution in [2.24, 2.45) is 0 Å². The smallest absolute Gasteiger partial charge is 0.401 e. The zero-order valence-electron chi connectivity index (χ0n) is 19.2. The number of fused-ring (bicyclic) bond motifs is 2. The molecular weight excluding hydrogens is 482 g/mol. The Kier molecular flexibility index (Phi) is 5.94. The van der Waals surface area contributed by atoms with E-state index in [9.17, 15) is 18.0 Å². The first-order valence-electron chi connectivity index (χ1n) is 11.2. The van der Waals surface area contributed by atoms with Crippen molar-refractivity contribution in [3.8, 4) is 17.0 Å². The number of carbonyl (C=O) groups excluding carboxylic acids is 1. The van der Waals surface area contributed by atoms with Gasteiger partial charge in [0.1, 0.15) is 18.1 Å². The molecule has 1 aromatic carbocycles. The fourth-order valence-electron chi connectivity index (χ4n) is 4.44. The summed E-state index contributed by atoms with van der Waals surface area (Å²) in [4.78, 5) is 21.9. The Hall–Kier alpha value is -3.87. The number of nitrogens with two attached hydrogens (primary N) is 1. The molecule has 0 atom stereocenters. The molecule has 13 heteroatoms. The highest BCUT2D eigenvalue weighted by molar-refractivity contribution is 6.00. The first-order chi connectivity index (χ1) is 17.1. The average Bonchev–Trinajstić information content (AvgIpc) is 2.80. The van der Waals surface area contributed by atoms with E-state index in [1.165, 1.54) is 17.3 Å². The Morgan fingerprint density at radius 1 is 1.25 bits per heavy atom. The van der Waals surface area contributed by atoms with Crippen LogP contribution in [0, 0.1) is 12.7 Å². The number of carbonyl (C=O) groups is 1. The van der Waals surface area contributed by atoms with E-state index >= 15 is 4.39 Å². The number of likely N-dealkylation sites (tertiary alicyclic amines) is 1. The third-order valence-corrected chi connectivity index (χ3v) is 6.17. The number of amides is 2. The van der Waals surface area contributed by atoms with Crippen molar-refractivity contribution in [3.63, 3.8) is 0 Å². The van der Waals surface area contributed by atoms with Crippen LogP contribution in [0.5, 0.6) is 5.88 Å². The predicted molar refractivity (Wildman–Crippen MR) is 127 cm³/mol. The summed E-state index contributed by atoms with van der Waals surface area (Å²) in [7, 11) is 0. The first kappa shape index (κ1) is 23.9. The number of hydrogen-bond donors (Lipinski definition) is 4. The zero-order chi connectivity index (χ0) is 25.6. The second kappa shape index (κ2) is 8.97. The highest BCUT2D eigenvalue weighted by Gasteiger charge is 2.37. The minimum absolute atomic E-state index is 0.0912. The molecule has 9 nitrogen and oxygen atoms in total. The SMILES string of the molecule is Cc1c(-c2cc3cc(NC(=O)NC4CN(CC(F)(F)F)C4)ncc3c(N)c2F)cnc2c1NCCO2. The lowest BCUT2D eigenvalue weighted by Gasteiger charge is -2.39. The lowest BCUT2D eigenvalue weighted by Crippen LogP contribution is -2.61. The van der Waals surface area contributed by atoms with Crippen LogP contribution in [-0.4, -0.2) is 65.9 Å². The van der Waals surface area contributed by atoms with E-state index in [0.717, 1.165) is 5.56 Å². The molecule has 2 aliphatic rings. The van der Waals surface area contributed by atoms with Gasteiger partial charge < -0.3 is 21.1 Å². The molecule has 0 aliphatic carbocycles. The van der Waals surface area contributed by atoms with Crippen molar-refractivity contribution in [1.29, 1.82) is 0 Å². The number of pyridine rings is 2. The Morgan fingerprint density at radius 3 is 2.78 bits per heavy atom. The molecule has 5 N–H and O–H groups in total. The molecule has 0 unspecified atom stereocenters. The van der Waals surface area contributed by atoms with E-state index in [4.69, 9.17) is 10.5 Å². The van der Waals surface area contributed by atoms with Crippen LogP contribution in [0.15, 0.2) is 24.5 Å². The van der Waals surface area contributed by atoms with E-state index in [0.29, 0.717) is 41.1 Å². The first-order valence-corrected chi connectivity index (χ1v) is 11.2. The maximum Gasteiger partial charge on any atom is 0.401 e. The van der Waals surface area contributed by atoms with Gasteiger partial charge in [-0.05, 0) is 30.0 Å². The second-order valence-corrected chi connectivity index (χ2v) is 8.80. The van der Waals surface area contributed by atoms with Gasteiger partial charge in [0.25, 0.3) is 0 Å². The van der Waals surface area contributed by atoms with Crippen molar-refractivity contribution in [2.45, 2.75) is 19.1 Å². The van der Waals surface area contributed by atoms with E-state index < -0.39 is 30.6 Å². The van der Waals surface area contributed by atoms with Crippen LogP contribution in [0.4, 0.5) is 39.5 Å². The van der Waals surface area contributed by atoms with E-state index in [1.54, 1.807) is 12.1 Å². The topological polar surface area (TPSA) is 117 Å². The fourth-order valence-corrected chi connectivity index (χ4v) is 4.44. The van der Waals surface area contributed by atoms with E-state index in [2.05, 4.69) is 25.9 Å². The molecule has 0 radical (unpaired) electrons. The van der Waals surface area contributed by atoms with Gasteiger partial charge in [-0.25, -0.2) is 19.2 Å². The molecule has 4 heterocycles. The van der Waals surface area contributed by atoms with E-state index in [1.807, 2.05) is 6.92 Å². The van der Waals surface area contributed by atoms with Crippen molar-refractivity contribution in [2.75, 3.05) is 49.2 Å². The summed E-state index contributed by atoms with van der Waals surface area (Å²) in [6.45, 7) is 2.11. The van der Waals surface area contributed by atoms with Crippen LogP contribution < -0.4 is 26.4 Å². The summed E-state index contributed by atoms with van der Waals surface area (Å²) < 4.78 is 58.1. The number of benzene rings is 1. The van der Waals surface area contributed by atoms with Gasteiger partial charge in [0.15, 0.2) is 5.82 Å². The third-order valence-electron chi connectivity index (χ3n) is 6.17. The summed E-state index contributed by atoms with van der Waals surface area (Å²) >= 11 is 0. The molecule has 2 amide bonds. The Morgan fingerprint density at radius 2 is 2.03 bits per heavy atom. The Labute approximate surface area is 203 Å². The Balaban J connectivity index is 1.35. The van der Waals surface area contributed by atoms with Gasteiger partial charge in [0.2, 0.25) is 5.88 Å². The van der Waals surface area contributed by atoms with Gasteiger partial charge in [-0.15, -0.1) is 0 Å². The van der Waals surface area contributed by atoms with Crippen molar-refractivity contribution in [3.05, 3.63) is 35.9 Å². The predicted octanol–water partition coefficient (Wildman–Crippen LogP) is 3.50. The molecule has 0 saturated carbocycles. The van der Waals surface area contributed by atoms with Crippen LogP contribution in [0.1, 0.15) is 5.56 Å². The number of nitrogens with one attached hydrogen (secondary N) is 3. The molecule has 0 bridgehead atoms. The quantitative estimate of drug-likeness (QED) is 0.317. The van der Waals surface area contributed by atoms with Crippen LogP contribution in [0.25, 0.3) is 21.9 Å². The summed E-state index contributed by atoms with van der Waals surface area (Å²) in [5, 5.41) is 9.30. The molecule has 2 aromatic heterocycles. The van der Waals surface area contributed by atoms with Crippen LogP contribution >= 0.6 is 0 Å². The lowest BCUT2D eigenvalue weighted by molar-refractivity contribution is -0.155. The summed E-state index contributed by atoms with van der Waals surface area (Å²) in [6, 6.07) is 2.15. The fraction of sp³-hybridized carbons (Fsp3) is 0.348. The Bertz CT molecular complexity index is 1340. The number of anilines is 3. The lowest BCUT2D eigenvalue weighted by atomic mass is 9.97. The molecule has 3 aromatic rings. The van der Waals surface area contributed by atoms with Crippen molar-refractivity contribution in [1.82, 2.24) is 20.2 Å². The minimum atomic E-state index is -4.28.